The van der Waals surface area contributed by atoms with Gasteiger partial charge in [0, 0.05) is 45.1 Å². The maximum Gasteiger partial charge on any atom is 0.204 e. The van der Waals surface area contributed by atoms with E-state index in [9.17, 15) is 0 Å². The highest BCUT2D eigenvalue weighted by Gasteiger charge is 2.15. The molecule has 2 aromatic rings. The van der Waals surface area contributed by atoms with Gasteiger partial charge in [0.25, 0.3) is 0 Å². The van der Waals surface area contributed by atoms with E-state index in [1.54, 1.807) is 10.9 Å². The summed E-state index contributed by atoms with van der Waals surface area (Å²) in [5, 5.41) is 12.4. The van der Waals surface area contributed by atoms with Crippen molar-refractivity contribution < 1.29 is 9.47 Å². The van der Waals surface area contributed by atoms with Gasteiger partial charge in [-0.3, -0.25) is 9.36 Å². The fourth-order valence-corrected chi connectivity index (χ4v) is 1.93. The molecule has 0 N–H and O–H groups in total. The molecule has 0 saturated heterocycles. The van der Waals surface area contributed by atoms with Crippen molar-refractivity contribution in [1.29, 1.82) is 0 Å². The highest BCUT2D eigenvalue weighted by Crippen LogP contribution is 2.15. The van der Waals surface area contributed by atoms with Crippen molar-refractivity contribution in [3.8, 4) is 0 Å². The summed E-state index contributed by atoms with van der Waals surface area (Å²) in [7, 11) is 1.93. The lowest BCUT2D eigenvalue weighted by molar-refractivity contribution is -0.142. The highest BCUT2D eigenvalue weighted by atomic mass is 16.7. The summed E-state index contributed by atoms with van der Waals surface area (Å²) < 4.78 is 14.7. The molecule has 7 heteroatoms. The zero-order valence-corrected chi connectivity index (χ0v) is 12.2. The Bertz CT molecular complexity index is 516. The van der Waals surface area contributed by atoms with E-state index in [-0.39, 0.29) is 0 Å². The number of ether oxygens (including phenoxy) is 2. The lowest BCUT2D eigenvalue weighted by Crippen LogP contribution is -2.09. The minimum absolute atomic E-state index is 0.435. The summed E-state index contributed by atoms with van der Waals surface area (Å²) in [6.45, 7) is 5.76. The largest absolute Gasteiger partial charge is 0.347 e. The van der Waals surface area contributed by atoms with Gasteiger partial charge in [-0.25, -0.2) is 0 Å². The zero-order valence-electron chi connectivity index (χ0n) is 12.2. The van der Waals surface area contributed by atoms with Crippen LogP contribution in [0.15, 0.2) is 18.5 Å². The molecule has 2 heterocycles. The molecule has 0 unspecified atom stereocenters. The molecule has 0 bridgehead atoms. The van der Waals surface area contributed by atoms with Crippen molar-refractivity contribution in [1.82, 2.24) is 24.8 Å². The fourth-order valence-electron chi connectivity index (χ4n) is 1.93. The molecule has 0 aliphatic heterocycles. The van der Waals surface area contributed by atoms with Crippen LogP contribution in [0.2, 0.25) is 0 Å². The van der Waals surface area contributed by atoms with Crippen LogP contribution < -0.4 is 0 Å². The molecule has 2 rings (SSSR count). The topological polar surface area (TPSA) is 67.0 Å². The molecule has 0 fully saturated rings. The molecular formula is C13H21N5O2. The summed E-state index contributed by atoms with van der Waals surface area (Å²) in [5.41, 5.74) is 1.87. The van der Waals surface area contributed by atoms with Gasteiger partial charge >= 0.3 is 0 Å². The van der Waals surface area contributed by atoms with Crippen LogP contribution in [0, 0.1) is 0 Å². The molecule has 0 amide bonds. The van der Waals surface area contributed by atoms with Gasteiger partial charge in [-0.1, -0.05) is 5.21 Å². The Kier molecular flexibility index (Phi) is 5.25. The van der Waals surface area contributed by atoms with Crippen LogP contribution in [0.4, 0.5) is 0 Å². The van der Waals surface area contributed by atoms with Crippen LogP contribution in [0.5, 0.6) is 0 Å². The van der Waals surface area contributed by atoms with Gasteiger partial charge in [-0.15, -0.1) is 5.10 Å². The van der Waals surface area contributed by atoms with E-state index >= 15 is 0 Å². The van der Waals surface area contributed by atoms with Crippen LogP contribution >= 0.6 is 0 Å². The van der Waals surface area contributed by atoms with E-state index in [2.05, 4.69) is 15.4 Å². The maximum absolute atomic E-state index is 5.50. The van der Waals surface area contributed by atoms with Crippen LogP contribution in [0.25, 0.3) is 0 Å². The maximum atomic E-state index is 5.50. The second-order valence-electron chi connectivity index (χ2n) is 4.35. The number of aryl methyl sites for hydroxylation is 3. The molecule has 0 aromatic carbocycles. The van der Waals surface area contributed by atoms with Gasteiger partial charge in [0.2, 0.25) is 6.29 Å². The van der Waals surface area contributed by atoms with Gasteiger partial charge in [-0.05, 0) is 19.9 Å². The Labute approximate surface area is 118 Å². The summed E-state index contributed by atoms with van der Waals surface area (Å²) in [6, 6.07) is 2.00. The summed E-state index contributed by atoms with van der Waals surface area (Å²) >= 11 is 0. The van der Waals surface area contributed by atoms with Gasteiger partial charge in [0.15, 0.2) is 0 Å². The third kappa shape index (κ3) is 3.64. The van der Waals surface area contributed by atoms with Crippen molar-refractivity contribution in [3.05, 3.63) is 29.8 Å². The Hall–Kier alpha value is -1.73. The van der Waals surface area contributed by atoms with Crippen molar-refractivity contribution in [3.63, 3.8) is 0 Å². The number of nitrogens with zero attached hydrogens (tertiary/aromatic N) is 5. The minimum Gasteiger partial charge on any atom is -0.347 e. The Morgan fingerprint density at radius 3 is 2.60 bits per heavy atom. The van der Waals surface area contributed by atoms with E-state index < -0.39 is 6.29 Å². The minimum atomic E-state index is -0.435. The number of rotatable bonds is 8. The molecule has 20 heavy (non-hydrogen) atoms. The Balaban J connectivity index is 1.95. The first-order chi connectivity index (χ1) is 9.74. The normalized spacial score (nSPS) is 11.4. The van der Waals surface area contributed by atoms with Gasteiger partial charge in [0.1, 0.15) is 5.69 Å². The van der Waals surface area contributed by atoms with Crippen molar-refractivity contribution in [2.75, 3.05) is 13.2 Å². The summed E-state index contributed by atoms with van der Waals surface area (Å²) in [6.07, 6.45) is 4.08. The quantitative estimate of drug-likeness (QED) is 0.682. The Morgan fingerprint density at radius 1 is 1.25 bits per heavy atom. The molecule has 7 nitrogen and oxygen atoms in total. The van der Waals surface area contributed by atoms with Crippen LogP contribution in [-0.2, 0) is 29.5 Å². The van der Waals surface area contributed by atoms with E-state index in [4.69, 9.17) is 9.47 Å². The molecule has 110 valence electrons. The lowest BCUT2D eigenvalue weighted by Gasteiger charge is -2.13. The molecule has 0 aliphatic carbocycles. The predicted molar refractivity (Wildman–Crippen MR) is 72.9 cm³/mol. The highest BCUT2D eigenvalue weighted by molar-refractivity contribution is 5.00. The molecule has 0 saturated carbocycles. The fraction of sp³-hybridized carbons (Fsp3) is 0.615. The average molecular weight is 279 g/mol. The SMILES string of the molecule is CCOC(OCC)c1cn(CCc2ccnn2C)nn1. The lowest BCUT2D eigenvalue weighted by atomic mass is 10.3. The summed E-state index contributed by atoms with van der Waals surface area (Å²) in [4.78, 5) is 0. The first kappa shape index (κ1) is 14.7. The molecular weight excluding hydrogens is 258 g/mol. The van der Waals surface area contributed by atoms with Gasteiger partial charge in [0.05, 0.1) is 6.20 Å². The number of hydrogen-bond donors (Lipinski definition) is 0. The van der Waals surface area contributed by atoms with E-state index in [1.807, 2.05) is 37.8 Å². The second kappa shape index (κ2) is 7.16. The average Bonchev–Trinajstić information content (AvgIpc) is 3.05. The molecule has 0 aliphatic rings. The van der Waals surface area contributed by atoms with E-state index in [0.717, 1.165) is 18.7 Å². The van der Waals surface area contributed by atoms with Crippen LogP contribution in [-0.4, -0.2) is 38.0 Å². The first-order valence-corrected chi connectivity index (χ1v) is 6.84. The van der Waals surface area contributed by atoms with E-state index in [1.165, 1.54) is 0 Å². The molecule has 0 radical (unpaired) electrons. The van der Waals surface area contributed by atoms with Crippen molar-refractivity contribution >= 4 is 0 Å². The summed E-state index contributed by atoms with van der Waals surface area (Å²) in [5.74, 6) is 0. The van der Waals surface area contributed by atoms with E-state index in [0.29, 0.717) is 18.9 Å². The van der Waals surface area contributed by atoms with Crippen LogP contribution in [0.3, 0.4) is 0 Å². The standard InChI is InChI=1S/C13H21N5O2/c1-4-19-13(20-5-2)12-10-18(16-15-12)9-7-11-6-8-14-17(11)3/h6,8,10,13H,4-5,7,9H2,1-3H3. The number of aromatic nitrogens is 5. The predicted octanol–water partition coefficient (Wildman–Crippen LogP) is 1.33. The second-order valence-corrected chi connectivity index (χ2v) is 4.35. The van der Waals surface area contributed by atoms with Crippen molar-refractivity contribution in [2.45, 2.75) is 33.1 Å². The zero-order chi connectivity index (χ0) is 14.4. The molecule has 0 atom stereocenters. The molecule has 2 aromatic heterocycles. The smallest absolute Gasteiger partial charge is 0.204 e. The monoisotopic (exact) mass is 279 g/mol. The third-order valence-electron chi connectivity index (χ3n) is 2.95. The van der Waals surface area contributed by atoms with Gasteiger partial charge in [-0.2, -0.15) is 5.10 Å². The molecule has 0 spiro atoms. The first-order valence-electron chi connectivity index (χ1n) is 6.84. The van der Waals surface area contributed by atoms with Crippen LogP contribution in [0.1, 0.15) is 31.5 Å². The Morgan fingerprint density at radius 2 is 2.00 bits per heavy atom. The van der Waals surface area contributed by atoms with Crippen molar-refractivity contribution in [2.24, 2.45) is 7.05 Å². The van der Waals surface area contributed by atoms with Gasteiger partial charge < -0.3 is 9.47 Å². The number of hydrogen-bond acceptors (Lipinski definition) is 5. The third-order valence-corrected chi connectivity index (χ3v) is 2.95.